The Kier molecular flexibility index (Phi) is 2.58. The molecule has 0 aromatic rings. The highest BCUT2D eigenvalue weighted by atomic mass is 35.5. The fourth-order valence-electron chi connectivity index (χ4n) is 0.0423. The lowest BCUT2D eigenvalue weighted by Crippen LogP contribution is -2.30. The van der Waals surface area contributed by atoms with E-state index in [1.165, 1.54) is 6.92 Å². The molecular formula is C4H9ClO2. The van der Waals surface area contributed by atoms with Crippen LogP contribution in [0.3, 0.4) is 0 Å². The molecule has 0 rings (SSSR count). The van der Waals surface area contributed by atoms with E-state index in [9.17, 15) is 0 Å². The average molecular weight is 125 g/mol. The van der Waals surface area contributed by atoms with Crippen molar-refractivity contribution < 1.29 is 10.2 Å². The molecule has 0 aliphatic heterocycles. The molecule has 0 spiro atoms. The van der Waals surface area contributed by atoms with Gasteiger partial charge in [0.2, 0.25) is 0 Å². The minimum atomic E-state index is -1.10. The zero-order valence-corrected chi connectivity index (χ0v) is 4.94. The van der Waals surface area contributed by atoms with Crippen LogP contribution in [0.15, 0.2) is 0 Å². The first-order valence-electron chi connectivity index (χ1n) is 2.01. The van der Waals surface area contributed by atoms with Gasteiger partial charge in [0, 0.05) is 0 Å². The maximum atomic E-state index is 8.75. The fourth-order valence-corrected chi connectivity index (χ4v) is 0.127. The molecule has 0 radical (unpaired) electrons. The van der Waals surface area contributed by atoms with Crippen LogP contribution in [0.2, 0.25) is 0 Å². The van der Waals surface area contributed by atoms with E-state index in [4.69, 9.17) is 21.8 Å². The van der Waals surface area contributed by atoms with Gasteiger partial charge in [-0.25, -0.2) is 0 Å². The van der Waals surface area contributed by atoms with Crippen molar-refractivity contribution in [3.8, 4) is 0 Å². The minimum Gasteiger partial charge on any atom is -0.393 e. The Morgan fingerprint density at radius 2 is 2.14 bits per heavy atom. The number of aliphatic hydroxyl groups is 2. The Morgan fingerprint density at radius 3 is 2.14 bits per heavy atom. The van der Waals surface area contributed by atoms with Crippen LogP contribution in [0.25, 0.3) is 0 Å². The van der Waals surface area contributed by atoms with Crippen molar-refractivity contribution in [2.75, 3.05) is 12.5 Å². The third-order valence-electron chi connectivity index (χ3n) is 0.629. The second-order valence-electron chi connectivity index (χ2n) is 1.79. The van der Waals surface area contributed by atoms with Gasteiger partial charge in [-0.2, -0.15) is 0 Å². The highest BCUT2D eigenvalue weighted by Crippen LogP contribution is 2.01. The smallest absolute Gasteiger partial charge is 0.0983 e. The molecule has 0 unspecified atom stereocenters. The lowest BCUT2D eigenvalue weighted by Gasteiger charge is -2.14. The zero-order valence-electron chi connectivity index (χ0n) is 4.19. The van der Waals surface area contributed by atoms with Gasteiger partial charge in [-0.15, -0.1) is 11.6 Å². The van der Waals surface area contributed by atoms with Crippen LogP contribution < -0.4 is 0 Å². The van der Waals surface area contributed by atoms with Crippen molar-refractivity contribution in [2.45, 2.75) is 12.5 Å². The molecule has 0 saturated heterocycles. The van der Waals surface area contributed by atoms with Crippen LogP contribution >= 0.6 is 11.6 Å². The van der Waals surface area contributed by atoms with E-state index in [2.05, 4.69) is 0 Å². The Hall–Kier alpha value is 0.210. The number of alkyl halides is 1. The molecule has 2 N–H and O–H groups in total. The van der Waals surface area contributed by atoms with Crippen molar-refractivity contribution in [2.24, 2.45) is 0 Å². The van der Waals surface area contributed by atoms with Gasteiger partial charge in [-0.3, -0.25) is 0 Å². The van der Waals surface area contributed by atoms with Gasteiger partial charge in [0.25, 0.3) is 0 Å². The Balaban J connectivity index is 3.36. The van der Waals surface area contributed by atoms with Crippen LogP contribution in [0, 0.1) is 0 Å². The molecule has 0 aliphatic carbocycles. The molecule has 0 amide bonds. The Bertz CT molecular complexity index is 47.7. The lowest BCUT2D eigenvalue weighted by molar-refractivity contribution is 0.0213. The molecule has 0 aromatic heterocycles. The van der Waals surface area contributed by atoms with Crippen molar-refractivity contribution in [1.82, 2.24) is 0 Å². The van der Waals surface area contributed by atoms with Crippen LogP contribution in [-0.4, -0.2) is 28.3 Å². The molecule has 7 heavy (non-hydrogen) atoms. The summed E-state index contributed by atoms with van der Waals surface area (Å²) in [5, 5.41) is 17.0. The molecule has 1 atom stereocenters. The summed E-state index contributed by atoms with van der Waals surface area (Å²) in [5.74, 6) is 0.0729. The van der Waals surface area contributed by atoms with Crippen LogP contribution in [0.5, 0.6) is 0 Å². The van der Waals surface area contributed by atoms with Gasteiger partial charge in [-0.05, 0) is 6.92 Å². The second kappa shape index (κ2) is 2.50. The number of rotatable bonds is 2. The monoisotopic (exact) mass is 124 g/mol. The van der Waals surface area contributed by atoms with Gasteiger partial charge < -0.3 is 10.2 Å². The first kappa shape index (κ1) is 7.21. The fraction of sp³-hybridized carbons (Fsp3) is 1.00. The van der Waals surface area contributed by atoms with E-state index in [0.29, 0.717) is 0 Å². The largest absolute Gasteiger partial charge is 0.393 e. The predicted octanol–water partition coefficient (Wildman–Crippen LogP) is -0.0315. The average Bonchev–Trinajstić information content (AvgIpc) is 1.68. The molecule has 2 nitrogen and oxygen atoms in total. The SMILES string of the molecule is C[C@@](O)(CO)CCl. The topological polar surface area (TPSA) is 40.5 Å². The number of hydrogen-bond acceptors (Lipinski definition) is 2. The number of aliphatic hydroxyl groups excluding tert-OH is 1. The number of halogens is 1. The van der Waals surface area contributed by atoms with Gasteiger partial charge in [-0.1, -0.05) is 0 Å². The third-order valence-corrected chi connectivity index (χ3v) is 1.20. The highest BCUT2D eigenvalue weighted by Gasteiger charge is 2.15. The standard InChI is InChI=1S/C4H9ClO2/c1-4(7,2-5)3-6/h6-7H,2-3H2,1H3/t4-/m0/s1. The summed E-state index contributed by atoms with van der Waals surface area (Å²) in [6, 6.07) is 0. The molecule has 0 fully saturated rings. The molecule has 0 heterocycles. The van der Waals surface area contributed by atoms with E-state index in [0.717, 1.165) is 0 Å². The van der Waals surface area contributed by atoms with Gasteiger partial charge in [0.1, 0.15) is 0 Å². The number of hydrogen-bond donors (Lipinski definition) is 2. The maximum absolute atomic E-state index is 8.75. The Labute approximate surface area is 47.7 Å². The van der Waals surface area contributed by atoms with Crippen LogP contribution in [0.1, 0.15) is 6.92 Å². The van der Waals surface area contributed by atoms with E-state index < -0.39 is 5.60 Å². The van der Waals surface area contributed by atoms with Crippen LogP contribution in [0.4, 0.5) is 0 Å². The predicted molar refractivity (Wildman–Crippen MR) is 28.4 cm³/mol. The van der Waals surface area contributed by atoms with Crippen molar-refractivity contribution >= 4 is 11.6 Å². The van der Waals surface area contributed by atoms with Crippen molar-refractivity contribution in [3.05, 3.63) is 0 Å². The van der Waals surface area contributed by atoms with Crippen molar-refractivity contribution in [1.29, 1.82) is 0 Å². The van der Waals surface area contributed by atoms with Gasteiger partial charge >= 0.3 is 0 Å². The quantitative estimate of drug-likeness (QED) is 0.508. The first-order chi connectivity index (χ1) is 3.12. The summed E-state index contributed by atoms with van der Waals surface area (Å²) in [6.07, 6.45) is 0. The minimum absolute atomic E-state index is 0.0729. The molecule has 0 saturated carbocycles. The summed E-state index contributed by atoms with van der Waals surface area (Å²) in [7, 11) is 0. The summed E-state index contributed by atoms with van der Waals surface area (Å²) in [6.45, 7) is 1.19. The molecule has 3 heteroatoms. The molecule has 44 valence electrons. The van der Waals surface area contributed by atoms with Gasteiger partial charge in [0.15, 0.2) is 0 Å². The lowest BCUT2D eigenvalue weighted by atomic mass is 10.2. The second-order valence-corrected chi connectivity index (χ2v) is 2.06. The summed E-state index contributed by atoms with van der Waals surface area (Å²) < 4.78 is 0. The highest BCUT2D eigenvalue weighted by molar-refractivity contribution is 6.18. The molecular weight excluding hydrogens is 115 g/mol. The summed E-state index contributed by atoms with van der Waals surface area (Å²) >= 11 is 5.18. The maximum Gasteiger partial charge on any atom is 0.0983 e. The summed E-state index contributed by atoms with van der Waals surface area (Å²) in [4.78, 5) is 0. The van der Waals surface area contributed by atoms with E-state index in [1.54, 1.807) is 0 Å². The van der Waals surface area contributed by atoms with E-state index in [-0.39, 0.29) is 12.5 Å². The van der Waals surface area contributed by atoms with Gasteiger partial charge in [0.05, 0.1) is 18.1 Å². The normalized spacial score (nSPS) is 18.9. The molecule has 0 bridgehead atoms. The van der Waals surface area contributed by atoms with E-state index in [1.807, 2.05) is 0 Å². The third kappa shape index (κ3) is 2.85. The zero-order chi connectivity index (χ0) is 5.91. The van der Waals surface area contributed by atoms with Crippen molar-refractivity contribution in [3.63, 3.8) is 0 Å². The Morgan fingerprint density at radius 1 is 1.71 bits per heavy atom. The van der Waals surface area contributed by atoms with Crippen LogP contribution in [-0.2, 0) is 0 Å². The van der Waals surface area contributed by atoms with E-state index >= 15 is 0 Å². The molecule has 0 aromatic carbocycles. The first-order valence-corrected chi connectivity index (χ1v) is 2.55. The molecule has 0 aliphatic rings. The summed E-state index contributed by atoms with van der Waals surface area (Å²) in [5.41, 5.74) is -1.10.